The van der Waals surface area contributed by atoms with Crippen LogP contribution in [0, 0.1) is 17.2 Å². The van der Waals surface area contributed by atoms with Crippen LogP contribution in [0.25, 0.3) is 0 Å². The lowest BCUT2D eigenvalue weighted by Crippen LogP contribution is -2.29. The van der Waals surface area contributed by atoms with Gasteiger partial charge in [-0.25, -0.2) is 13.1 Å². The molecular weight excluding hydrogens is 288 g/mol. The third kappa shape index (κ3) is 4.34. The van der Waals surface area contributed by atoms with E-state index in [4.69, 9.17) is 11.0 Å². The van der Waals surface area contributed by atoms with Gasteiger partial charge in [0.1, 0.15) is 0 Å². The molecule has 1 unspecified atom stereocenters. The summed E-state index contributed by atoms with van der Waals surface area (Å²) in [6.07, 6.45) is 0. The Bertz CT molecular complexity index is 622. The number of sulfonamides is 1. The number of rotatable bonds is 7. The van der Waals surface area contributed by atoms with Gasteiger partial charge in [0.15, 0.2) is 0 Å². The summed E-state index contributed by atoms with van der Waals surface area (Å²) >= 11 is 0. The fourth-order valence-electron chi connectivity index (χ4n) is 2.01. The molecule has 0 bridgehead atoms. The van der Waals surface area contributed by atoms with Gasteiger partial charge < -0.3 is 10.6 Å². The largest absolute Gasteiger partial charge is 0.397 e. The Kier molecular flexibility index (Phi) is 6.00. The second kappa shape index (κ2) is 7.29. The zero-order chi connectivity index (χ0) is 16.0. The summed E-state index contributed by atoms with van der Waals surface area (Å²) < 4.78 is 26.6. The van der Waals surface area contributed by atoms with E-state index in [-0.39, 0.29) is 10.8 Å². The van der Waals surface area contributed by atoms with Crippen molar-refractivity contribution in [3.63, 3.8) is 0 Å². The van der Waals surface area contributed by atoms with E-state index >= 15 is 0 Å². The smallest absolute Gasteiger partial charge is 0.240 e. The Morgan fingerprint density at radius 3 is 2.62 bits per heavy atom. The van der Waals surface area contributed by atoms with Gasteiger partial charge in [-0.3, -0.25) is 0 Å². The number of nitriles is 1. The highest BCUT2D eigenvalue weighted by Crippen LogP contribution is 2.27. The molecule has 1 aromatic carbocycles. The number of nitrogens with one attached hydrogen (secondary N) is 1. The van der Waals surface area contributed by atoms with Crippen LogP contribution in [0.1, 0.15) is 20.8 Å². The number of hydrogen-bond acceptors (Lipinski definition) is 5. The van der Waals surface area contributed by atoms with E-state index < -0.39 is 10.0 Å². The first-order valence-corrected chi connectivity index (χ1v) is 8.37. The number of hydrogen-bond donors (Lipinski definition) is 2. The number of nitrogen functional groups attached to an aromatic ring is 1. The molecule has 0 fully saturated rings. The van der Waals surface area contributed by atoms with Crippen molar-refractivity contribution < 1.29 is 8.42 Å². The molecule has 1 aromatic rings. The zero-order valence-electron chi connectivity index (χ0n) is 12.6. The molecule has 7 heteroatoms. The van der Waals surface area contributed by atoms with Gasteiger partial charge in [0, 0.05) is 19.6 Å². The summed E-state index contributed by atoms with van der Waals surface area (Å²) in [6.45, 7) is 6.95. The maximum Gasteiger partial charge on any atom is 0.240 e. The molecule has 0 aromatic heterocycles. The van der Waals surface area contributed by atoms with E-state index in [1.165, 1.54) is 6.07 Å². The van der Waals surface area contributed by atoms with E-state index in [1.807, 2.05) is 18.7 Å². The van der Waals surface area contributed by atoms with Crippen molar-refractivity contribution in [3.05, 3.63) is 18.2 Å². The Hall–Kier alpha value is -1.78. The Morgan fingerprint density at radius 1 is 1.43 bits per heavy atom. The quantitative estimate of drug-likeness (QED) is 0.744. The van der Waals surface area contributed by atoms with E-state index in [0.29, 0.717) is 31.0 Å². The molecule has 0 aliphatic carbocycles. The number of benzene rings is 1. The zero-order valence-corrected chi connectivity index (χ0v) is 13.4. The Morgan fingerprint density at radius 2 is 2.10 bits per heavy atom. The standard InChI is InChI=1S/C14H22N4O2S/c1-4-17-21(19,20)12-6-7-13(16)14(8-12)18(5-2)10-11(3)9-15/h6-8,11,17H,4-5,10,16H2,1-3H3. The molecule has 1 atom stereocenters. The summed E-state index contributed by atoms with van der Waals surface area (Å²) in [4.78, 5) is 2.09. The first kappa shape index (κ1) is 17.3. The van der Waals surface area contributed by atoms with Gasteiger partial charge in [0.25, 0.3) is 0 Å². The molecule has 0 amide bonds. The van der Waals surface area contributed by atoms with E-state index in [2.05, 4.69) is 10.8 Å². The first-order chi connectivity index (χ1) is 9.85. The topological polar surface area (TPSA) is 99.2 Å². The molecule has 0 saturated heterocycles. The normalized spacial score (nSPS) is 12.7. The van der Waals surface area contributed by atoms with Crippen LogP contribution in [0.4, 0.5) is 11.4 Å². The second-order valence-electron chi connectivity index (χ2n) is 4.79. The van der Waals surface area contributed by atoms with Crippen molar-refractivity contribution in [3.8, 4) is 6.07 Å². The van der Waals surface area contributed by atoms with Crippen LogP contribution < -0.4 is 15.4 Å². The van der Waals surface area contributed by atoms with Crippen molar-refractivity contribution in [2.75, 3.05) is 30.3 Å². The molecule has 0 spiro atoms. The van der Waals surface area contributed by atoms with Gasteiger partial charge in [-0.2, -0.15) is 5.26 Å². The highest BCUT2D eigenvalue weighted by molar-refractivity contribution is 7.89. The van der Waals surface area contributed by atoms with Crippen LogP contribution in [0.5, 0.6) is 0 Å². The lowest BCUT2D eigenvalue weighted by molar-refractivity contribution is 0.584. The molecule has 0 saturated carbocycles. The Balaban J connectivity index is 3.21. The summed E-state index contributed by atoms with van der Waals surface area (Å²) in [6, 6.07) is 6.79. The molecule has 6 nitrogen and oxygen atoms in total. The first-order valence-electron chi connectivity index (χ1n) is 6.89. The molecule has 0 heterocycles. The molecule has 0 aliphatic heterocycles. The van der Waals surface area contributed by atoms with Gasteiger partial charge >= 0.3 is 0 Å². The minimum atomic E-state index is -3.52. The molecule has 1 rings (SSSR count). The minimum Gasteiger partial charge on any atom is -0.397 e. The summed E-state index contributed by atoms with van der Waals surface area (Å²) in [5, 5.41) is 8.94. The van der Waals surface area contributed by atoms with Crippen molar-refractivity contribution >= 4 is 21.4 Å². The van der Waals surface area contributed by atoms with Crippen molar-refractivity contribution in [2.24, 2.45) is 5.92 Å². The number of anilines is 2. The highest BCUT2D eigenvalue weighted by Gasteiger charge is 2.17. The predicted molar refractivity (Wildman–Crippen MR) is 84.4 cm³/mol. The monoisotopic (exact) mass is 310 g/mol. The summed E-state index contributed by atoms with van der Waals surface area (Å²) in [5.41, 5.74) is 7.10. The Labute approximate surface area is 126 Å². The van der Waals surface area contributed by atoms with Gasteiger partial charge in [-0.1, -0.05) is 6.92 Å². The fraction of sp³-hybridized carbons (Fsp3) is 0.500. The second-order valence-corrected chi connectivity index (χ2v) is 6.56. The average Bonchev–Trinajstić information content (AvgIpc) is 2.45. The number of nitrogens with two attached hydrogens (primary N) is 1. The maximum atomic E-state index is 12.1. The van der Waals surface area contributed by atoms with E-state index in [1.54, 1.807) is 19.1 Å². The van der Waals surface area contributed by atoms with Crippen LogP contribution in [0.15, 0.2) is 23.1 Å². The molecule has 116 valence electrons. The lowest BCUT2D eigenvalue weighted by atomic mass is 10.1. The van der Waals surface area contributed by atoms with Crippen LogP contribution >= 0.6 is 0 Å². The van der Waals surface area contributed by atoms with Gasteiger partial charge in [-0.05, 0) is 32.0 Å². The van der Waals surface area contributed by atoms with Crippen LogP contribution in [0.3, 0.4) is 0 Å². The fourth-order valence-corrected chi connectivity index (χ4v) is 3.07. The van der Waals surface area contributed by atoms with Crippen molar-refractivity contribution in [1.29, 1.82) is 5.26 Å². The van der Waals surface area contributed by atoms with Crippen LogP contribution in [-0.4, -0.2) is 28.1 Å². The number of nitrogens with zero attached hydrogens (tertiary/aromatic N) is 2. The molecule has 3 N–H and O–H groups in total. The molecular formula is C14H22N4O2S. The third-order valence-corrected chi connectivity index (χ3v) is 4.63. The van der Waals surface area contributed by atoms with E-state index in [9.17, 15) is 8.42 Å². The van der Waals surface area contributed by atoms with E-state index in [0.717, 1.165) is 0 Å². The highest BCUT2D eigenvalue weighted by atomic mass is 32.2. The third-order valence-electron chi connectivity index (χ3n) is 3.08. The van der Waals surface area contributed by atoms with Gasteiger partial charge in [0.2, 0.25) is 10.0 Å². The molecule has 0 radical (unpaired) electrons. The predicted octanol–water partition coefficient (Wildman–Crippen LogP) is 1.55. The lowest BCUT2D eigenvalue weighted by Gasteiger charge is -2.26. The van der Waals surface area contributed by atoms with Gasteiger partial charge in [-0.15, -0.1) is 0 Å². The summed E-state index contributed by atoms with van der Waals surface area (Å²) in [5.74, 6) is -0.168. The van der Waals surface area contributed by atoms with Gasteiger partial charge in [0.05, 0.1) is 28.3 Å². The summed E-state index contributed by atoms with van der Waals surface area (Å²) in [7, 11) is -3.52. The minimum absolute atomic E-state index is 0.168. The maximum absolute atomic E-state index is 12.1. The molecule has 0 aliphatic rings. The molecule has 21 heavy (non-hydrogen) atoms. The SMILES string of the molecule is CCNS(=O)(=O)c1ccc(N)c(N(CC)CC(C)C#N)c1. The van der Waals surface area contributed by atoms with Crippen molar-refractivity contribution in [1.82, 2.24) is 4.72 Å². The van der Waals surface area contributed by atoms with Crippen LogP contribution in [0.2, 0.25) is 0 Å². The van der Waals surface area contributed by atoms with Crippen LogP contribution in [-0.2, 0) is 10.0 Å². The average molecular weight is 310 g/mol. The van der Waals surface area contributed by atoms with Crippen molar-refractivity contribution in [2.45, 2.75) is 25.7 Å².